The van der Waals surface area contributed by atoms with E-state index >= 15 is 0 Å². The van der Waals surface area contributed by atoms with E-state index in [1.54, 1.807) is 11.3 Å². The molecule has 1 fully saturated rings. The van der Waals surface area contributed by atoms with Gasteiger partial charge in [-0.25, -0.2) is 4.98 Å². The third-order valence-corrected chi connectivity index (χ3v) is 5.32. The summed E-state index contributed by atoms with van der Waals surface area (Å²) in [5.74, 6) is 0. The van der Waals surface area contributed by atoms with Crippen molar-refractivity contribution in [2.45, 2.75) is 64.5 Å². The summed E-state index contributed by atoms with van der Waals surface area (Å²) < 4.78 is 5.89. The van der Waals surface area contributed by atoms with Crippen LogP contribution in [-0.4, -0.2) is 17.2 Å². The summed E-state index contributed by atoms with van der Waals surface area (Å²) in [6.45, 7) is 9.35. The smallest absolute Gasteiger partial charge is 0.113 e. The van der Waals surface area contributed by atoms with Crippen molar-refractivity contribution in [3.8, 4) is 0 Å². The molecular formula is C14H24N2OS. The first-order valence-electron chi connectivity index (χ1n) is 6.82. The Bertz CT molecular complexity index is 431. The molecule has 0 spiro atoms. The second-order valence-corrected chi connectivity index (χ2v) is 6.81. The van der Waals surface area contributed by atoms with Crippen molar-refractivity contribution in [2.24, 2.45) is 5.73 Å². The zero-order valence-electron chi connectivity index (χ0n) is 11.9. The van der Waals surface area contributed by atoms with Crippen LogP contribution in [0.1, 0.15) is 55.6 Å². The van der Waals surface area contributed by atoms with E-state index in [2.05, 4.69) is 27.7 Å². The van der Waals surface area contributed by atoms with Crippen LogP contribution in [0.2, 0.25) is 0 Å². The Morgan fingerprint density at radius 1 is 1.44 bits per heavy atom. The van der Waals surface area contributed by atoms with Gasteiger partial charge in [0.05, 0.1) is 16.8 Å². The average Bonchev–Trinajstić information content (AvgIpc) is 2.71. The van der Waals surface area contributed by atoms with Crippen LogP contribution >= 0.6 is 11.3 Å². The van der Waals surface area contributed by atoms with Crippen LogP contribution in [0.4, 0.5) is 0 Å². The highest BCUT2D eigenvalue weighted by molar-refractivity contribution is 7.11. The number of ether oxygens (including phenoxy) is 1. The van der Waals surface area contributed by atoms with Crippen LogP contribution in [0.3, 0.4) is 0 Å². The minimum absolute atomic E-state index is 0.0983. The van der Waals surface area contributed by atoms with Crippen molar-refractivity contribution in [2.75, 3.05) is 6.61 Å². The first-order valence-corrected chi connectivity index (χ1v) is 7.64. The number of nitrogens with zero attached hydrogens (tertiary/aromatic N) is 1. The van der Waals surface area contributed by atoms with Crippen molar-refractivity contribution < 1.29 is 4.74 Å². The van der Waals surface area contributed by atoms with Crippen LogP contribution < -0.4 is 5.73 Å². The highest BCUT2D eigenvalue weighted by Gasteiger charge is 2.42. The zero-order valence-corrected chi connectivity index (χ0v) is 12.7. The molecule has 18 heavy (non-hydrogen) atoms. The van der Waals surface area contributed by atoms with Gasteiger partial charge in [-0.15, -0.1) is 11.3 Å². The molecule has 4 heteroatoms. The fraction of sp³-hybridized carbons (Fsp3) is 0.786. The number of hydrogen-bond acceptors (Lipinski definition) is 4. The van der Waals surface area contributed by atoms with E-state index < -0.39 is 0 Å². The summed E-state index contributed by atoms with van der Waals surface area (Å²) in [4.78, 5) is 6.07. The molecule has 2 unspecified atom stereocenters. The Kier molecular flexibility index (Phi) is 3.81. The van der Waals surface area contributed by atoms with Gasteiger partial charge < -0.3 is 10.5 Å². The standard InChI is InChI=1S/C14H24N2OS/c1-5-11-10(3)18-12(16-11)14(15)7-8-17-13(4,6-2)9-14/h5-9,15H2,1-4H3. The first-order chi connectivity index (χ1) is 8.42. The summed E-state index contributed by atoms with van der Waals surface area (Å²) in [6, 6.07) is 0. The second kappa shape index (κ2) is 4.91. The summed E-state index contributed by atoms with van der Waals surface area (Å²) in [5, 5.41) is 1.10. The topological polar surface area (TPSA) is 48.1 Å². The van der Waals surface area contributed by atoms with Gasteiger partial charge in [-0.2, -0.15) is 0 Å². The van der Waals surface area contributed by atoms with Crippen molar-refractivity contribution in [3.05, 3.63) is 15.6 Å². The predicted molar refractivity (Wildman–Crippen MR) is 76.0 cm³/mol. The lowest BCUT2D eigenvalue weighted by atomic mass is 9.80. The van der Waals surface area contributed by atoms with Crippen LogP contribution in [0.15, 0.2) is 0 Å². The molecule has 2 N–H and O–H groups in total. The number of nitrogens with two attached hydrogens (primary N) is 1. The van der Waals surface area contributed by atoms with Crippen molar-refractivity contribution in [1.29, 1.82) is 0 Å². The molecule has 1 aliphatic rings. The van der Waals surface area contributed by atoms with Crippen LogP contribution in [0.5, 0.6) is 0 Å². The molecule has 2 rings (SSSR count). The van der Waals surface area contributed by atoms with E-state index in [0.717, 1.165) is 37.3 Å². The SMILES string of the molecule is CCc1nc(C2(N)CCOC(C)(CC)C2)sc1C. The molecule has 2 heterocycles. The quantitative estimate of drug-likeness (QED) is 0.916. The van der Waals surface area contributed by atoms with Gasteiger partial charge in [-0.1, -0.05) is 13.8 Å². The Hall–Kier alpha value is -0.450. The van der Waals surface area contributed by atoms with Crippen LogP contribution in [0, 0.1) is 6.92 Å². The maximum atomic E-state index is 6.64. The van der Waals surface area contributed by atoms with Gasteiger partial charge in [-0.3, -0.25) is 0 Å². The molecule has 0 aromatic carbocycles. The van der Waals surface area contributed by atoms with E-state index in [1.165, 1.54) is 10.6 Å². The molecule has 0 saturated carbocycles. The molecular weight excluding hydrogens is 244 g/mol. The fourth-order valence-electron chi connectivity index (χ4n) is 2.66. The molecule has 1 aliphatic heterocycles. The van der Waals surface area contributed by atoms with Gasteiger partial charge in [0.1, 0.15) is 5.01 Å². The highest BCUT2D eigenvalue weighted by atomic mass is 32.1. The van der Waals surface area contributed by atoms with Gasteiger partial charge in [0.15, 0.2) is 0 Å². The minimum atomic E-state index is -0.300. The number of aromatic nitrogens is 1. The van der Waals surface area contributed by atoms with Gasteiger partial charge in [0.25, 0.3) is 0 Å². The molecule has 1 aromatic heterocycles. The van der Waals surface area contributed by atoms with Crippen molar-refractivity contribution >= 4 is 11.3 Å². The predicted octanol–water partition coefficient (Wildman–Crippen LogP) is 3.15. The Labute approximate surface area is 114 Å². The summed E-state index contributed by atoms with van der Waals surface area (Å²) in [5.41, 5.74) is 7.44. The molecule has 0 radical (unpaired) electrons. The molecule has 1 aromatic rings. The normalized spacial score (nSPS) is 32.7. The van der Waals surface area contributed by atoms with Gasteiger partial charge in [0.2, 0.25) is 0 Å². The second-order valence-electron chi connectivity index (χ2n) is 5.61. The Morgan fingerprint density at radius 2 is 2.17 bits per heavy atom. The lowest BCUT2D eigenvalue weighted by molar-refractivity contribution is -0.0955. The number of hydrogen-bond donors (Lipinski definition) is 1. The molecule has 3 nitrogen and oxygen atoms in total. The fourth-order valence-corrected chi connectivity index (χ4v) is 3.80. The summed E-state index contributed by atoms with van der Waals surface area (Å²) >= 11 is 1.76. The largest absolute Gasteiger partial charge is 0.375 e. The third kappa shape index (κ3) is 2.46. The van der Waals surface area contributed by atoms with Gasteiger partial charge in [0, 0.05) is 17.9 Å². The molecule has 0 aliphatic carbocycles. The molecule has 2 atom stereocenters. The molecule has 102 valence electrons. The summed E-state index contributed by atoms with van der Waals surface area (Å²) in [7, 11) is 0. The molecule has 1 saturated heterocycles. The lowest BCUT2D eigenvalue weighted by Gasteiger charge is -2.43. The number of rotatable bonds is 3. The van der Waals surface area contributed by atoms with Crippen molar-refractivity contribution in [1.82, 2.24) is 4.98 Å². The van der Waals surface area contributed by atoms with E-state index in [9.17, 15) is 0 Å². The lowest BCUT2D eigenvalue weighted by Crippen LogP contribution is -2.50. The van der Waals surface area contributed by atoms with Gasteiger partial charge >= 0.3 is 0 Å². The minimum Gasteiger partial charge on any atom is -0.375 e. The number of aryl methyl sites for hydroxylation is 2. The first kappa shape index (κ1) is 14.0. The average molecular weight is 268 g/mol. The monoisotopic (exact) mass is 268 g/mol. The van der Waals surface area contributed by atoms with E-state index in [-0.39, 0.29) is 11.1 Å². The molecule has 0 amide bonds. The third-order valence-electron chi connectivity index (χ3n) is 4.09. The molecule has 0 bridgehead atoms. The van der Waals surface area contributed by atoms with Gasteiger partial charge in [-0.05, 0) is 33.1 Å². The van der Waals surface area contributed by atoms with E-state index in [0.29, 0.717) is 0 Å². The maximum Gasteiger partial charge on any atom is 0.113 e. The van der Waals surface area contributed by atoms with Crippen LogP contribution in [-0.2, 0) is 16.7 Å². The van der Waals surface area contributed by atoms with Crippen LogP contribution in [0.25, 0.3) is 0 Å². The Balaban J connectivity index is 2.29. The highest BCUT2D eigenvalue weighted by Crippen LogP contribution is 2.41. The van der Waals surface area contributed by atoms with E-state index in [1.807, 2.05) is 0 Å². The summed E-state index contributed by atoms with van der Waals surface area (Å²) in [6.07, 6.45) is 3.72. The Morgan fingerprint density at radius 3 is 2.72 bits per heavy atom. The zero-order chi connectivity index (χ0) is 13.4. The number of thiazole rings is 1. The van der Waals surface area contributed by atoms with Crippen molar-refractivity contribution in [3.63, 3.8) is 0 Å². The maximum absolute atomic E-state index is 6.64. The van der Waals surface area contributed by atoms with E-state index in [4.69, 9.17) is 15.5 Å².